The summed E-state index contributed by atoms with van der Waals surface area (Å²) in [6, 6.07) is 0. The Kier molecular flexibility index (Phi) is 5.68. The minimum Gasteiger partial charge on any atom is -0.481 e. The first kappa shape index (κ1) is 20.0. The predicted molar refractivity (Wildman–Crippen MR) is 90.4 cm³/mol. The van der Waals surface area contributed by atoms with Crippen LogP contribution < -0.4 is 11.2 Å². The number of hydrogen-bond acceptors (Lipinski definition) is 8. The van der Waals surface area contributed by atoms with Gasteiger partial charge in [-0.05, 0) is 13.3 Å². The van der Waals surface area contributed by atoms with E-state index in [4.69, 9.17) is 23.4 Å². The van der Waals surface area contributed by atoms with E-state index in [0.717, 1.165) is 0 Å². The Morgan fingerprint density at radius 3 is 2.93 bits per heavy atom. The molecule has 3 heterocycles. The molecule has 0 aliphatic carbocycles. The zero-order chi connectivity index (χ0) is 19.8. The quantitative estimate of drug-likeness (QED) is 0.657. The highest BCUT2D eigenvalue weighted by molar-refractivity contribution is 7.48. The van der Waals surface area contributed by atoms with Gasteiger partial charge in [0.15, 0.2) is 0 Å². The molecule has 0 spiro atoms. The molecular weight excluding hydrogens is 383 g/mol. The third-order valence-corrected chi connectivity index (χ3v) is 6.01. The summed E-state index contributed by atoms with van der Waals surface area (Å²) in [5, 5.41) is 8.85. The lowest BCUT2D eigenvalue weighted by molar-refractivity contribution is -0.141. The molecule has 1 unspecified atom stereocenters. The molecule has 2 aliphatic rings. The number of nitrogens with zero attached hydrogens (tertiary/aromatic N) is 1. The molecule has 11 nitrogen and oxygen atoms in total. The lowest BCUT2D eigenvalue weighted by atomic mass is 10.1. The first-order valence-electron chi connectivity index (χ1n) is 8.46. The number of fused-ring (bicyclic) bond motifs is 1. The first-order valence-corrected chi connectivity index (χ1v) is 9.92. The molecule has 3 rings (SSSR count). The third-order valence-electron chi connectivity index (χ3n) is 4.52. The molecule has 12 heteroatoms. The zero-order valence-electron chi connectivity index (χ0n) is 14.8. The van der Waals surface area contributed by atoms with Crippen molar-refractivity contribution in [2.75, 3.05) is 13.2 Å². The van der Waals surface area contributed by atoms with Crippen molar-refractivity contribution in [1.29, 1.82) is 0 Å². The molecule has 0 amide bonds. The Hall–Kier alpha value is -1.78. The molecule has 27 heavy (non-hydrogen) atoms. The zero-order valence-corrected chi connectivity index (χ0v) is 15.7. The molecule has 0 radical (unpaired) electrons. The minimum absolute atomic E-state index is 0.0516. The molecule has 2 aliphatic heterocycles. The fraction of sp³-hybridized carbons (Fsp3) is 0.667. The van der Waals surface area contributed by atoms with E-state index in [-0.39, 0.29) is 26.1 Å². The van der Waals surface area contributed by atoms with Crippen LogP contribution in [0.4, 0.5) is 0 Å². The van der Waals surface area contributed by atoms with E-state index in [1.54, 1.807) is 6.92 Å². The average Bonchev–Trinajstić information content (AvgIpc) is 3.00. The smallest absolute Gasteiger partial charge is 0.475 e. The number of phosphoric ester groups is 1. The van der Waals surface area contributed by atoms with Crippen LogP contribution in [0.5, 0.6) is 0 Å². The van der Waals surface area contributed by atoms with E-state index < -0.39 is 49.4 Å². The van der Waals surface area contributed by atoms with Gasteiger partial charge >= 0.3 is 19.5 Å². The summed E-state index contributed by atoms with van der Waals surface area (Å²) in [4.78, 5) is 36.5. The van der Waals surface area contributed by atoms with Gasteiger partial charge in [-0.25, -0.2) is 9.36 Å². The molecular formula is C15H21N2O9P. The minimum atomic E-state index is -3.84. The van der Waals surface area contributed by atoms with Gasteiger partial charge in [0, 0.05) is 18.2 Å². The van der Waals surface area contributed by atoms with Gasteiger partial charge in [-0.2, -0.15) is 0 Å². The highest BCUT2D eigenvalue weighted by Gasteiger charge is 2.48. The molecule has 1 aromatic heterocycles. The molecule has 1 aromatic rings. The van der Waals surface area contributed by atoms with Gasteiger partial charge < -0.3 is 9.84 Å². The number of aryl methyl sites for hydroxylation is 1. The first-order chi connectivity index (χ1) is 12.7. The normalized spacial score (nSPS) is 31.4. The SMILES string of the molecule is Cc1cn([C@@H]2C[C@H]3OP(=O)(OCC[C@H](C)C(=O)O)OC[C@@H]3O2)c(=O)[nH]c1=O. The van der Waals surface area contributed by atoms with Crippen molar-refractivity contribution < 1.29 is 32.8 Å². The lowest BCUT2D eigenvalue weighted by Gasteiger charge is -2.29. The number of hydrogen-bond donors (Lipinski definition) is 2. The van der Waals surface area contributed by atoms with Crippen LogP contribution in [0.25, 0.3) is 0 Å². The van der Waals surface area contributed by atoms with Crippen LogP contribution in [0, 0.1) is 12.8 Å². The van der Waals surface area contributed by atoms with Gasteiger partial charge in [0.1, 0.15) is 18.4 Å². The molecule has 2 N–H and O–H groups in total. The number of aromatic nitrogens is 2. The summed E-state index contributed by atoms with van der Waals surface area (Å²) < 4.78 is 35.3. The fourth-order valence-electron chi connectivity index (χ4n) is 2.83. The molecule has 150 valence electrons. The Labute approximate surface area is 153 Å². The Morgan fingerprint density at radius 2 is 2.22 bits per heavy atom. The summed E-state index contributed by atoms with van der Waals surface area (Å²) >= 11 is 0. The number of H-pyrrole nitrogens is 1. The number of phosphoric acid groups is 1. The Bertz CT molecular complexity index is 879. The summed E-state index contributed by atoms with van der Waals surface area (Å²) in [7, 11) is -3.84. The van der Waals surface area contributed by atoms with E-state index in [2.05, 4.69) is 4.98 Å². The van der Waals surface area contributed by atoms with Gasteiger partial charge in [-0.1, -0.05) is 6.92 Å². The van der Waals surface area contributed by atoms with Gasteiger partial charge in [0.2, 0.25) is 0 Å². The number of rotatable bonds is 6. The molecule has 2 saturated heterocycles. The lowest BCUT2D eigenvalue weighted by Crippen LogP contribution is -2.34. The van der Waals surface area contributed by atoms with Gasteiger partial charge in [-0.3, -0.25) is 32.7 Å². The van der Waals surface area contributed by atoms with Crippen molar-refractivity contribution in [1.82, 2.24) is 9.55 Å². The average molecular weight is 404 g/mol. The summed E-state index contributed by atoms with van der Waals surface area (Å²) in [5.41, 5.74) is -0.733. The number of carboxylic acids is 1. The second kappa shape index (κ2) is 7.69. The molecule has 0 aromatic carbocycles. The second-order valence-electron chi connectivity index (χ2n) is 6.59. The Balaban J connectivity index is 1.63. The summed E-state index contributed by atoms with van der Waals surface area (Å²) in [6.07, 6.45) is -0.0922. The highest BCUT2D eigenvalue weighted by Crippen LogP contribution is 2.56. The van der Waals surface area contributed by atoms with Crippen LogP contribution in [0.2, 0.25) is 0 Å². The van der Waals surface area contributed by atoms with Crippen LogP contribution in [-0.4, -0.2) is 46.0 Å². The predicted octanol–water partition coefficient (Wildman–Crippen LogP) is 0.783. The number of aromatic amines is 1. The summed E-state index contributed by atoms with van der Waals surface area (Å²) in [6.45, 7) is 2.94. The number of carboxylic acid groups (broad SMARTS) is 1. The largest absolute Gasteiger partial charge is 0.481 e. The number of aliphatic carboxylic acids is 1. The van der Waals surface area contributed by atoms with Crippen LogP contribution in [0.3, 0.4) is 0 Å². The molecule has 2 fully saturated rings. The second-order valence-corrected chi connectivity index (χ2v) is 8.21. The molecule has 5 atom stereocenters. The topological polar surface area (TPSA) is 146 Å². The Morgan fingerprint density at radius 1 is 1.48 bits per heavy atom. The highest BCUT2D eigenvalue weighted by atomic mass is 31.2. The monoisotopic (exact) mass is 404 g/mol. The van der Waals surface area contributed by atoms with Gasteiger partial charge in [0.05, 0.1) is 19.1 Å². The maximum absolute atomic E-state index is 12.6. The van der Waals surface area contributed by atoms with E-state index in [1.807, 2.05) is 0 Å². The molecule has 0 bridgehead atoms. The van der Waals surface area contributed by atoms with Crippen molar-refractivity contribution in [2.24, 2.45) is 5.92 Å². The maximum atomic E-state index is 12.6. The number of ether oxygens (including phenoxy) is 1. The van der Waals surface area contributed by atoms with E-state index in [9.17, 15) is 18.9 Å². The standard InChI is InChI=1S/C15H21N2O9P/c1-8(14(19)20)3-4-23-27(22)24-7-11-10(26-27)5-12(25-11)17-6-9(2)13(18)16-15(17)21/h6,8,10-12H,3-5,7H2,1-2H3,(H,19,20)(H,16,18,21)/t8-,10+,11-,12-,27?/m0/s1. The summed E-state index contributed by atoms with van der Waals surface area (Å²) in [5.74, 6) is -1.63. The van der Waals surface area contributed by atoms with Crippen LogP contribution in [0.1, 0.15) is 31.6 Å². The van der Waals surface area contributed by atoms with Crippen LogP contribution >= 0.6 is 7.82 Å². The number of nitrogens with one attached hydrogen (secondary N) is 1. The molecule has 0 saturated carbocycles. The van der Waals surface area contributed by atoms with Crippen molar-refractivity contribution in [3.05, 3.63) is 32.6 Å². The van der Waals surface area contributed by atoms with Crippen molar-refractivity contribution in [3.8, 4) is 0 Å². The van der Waals surface area contributed by atoms with Gasteiger partial charge in [0.25, 0.3) is 5.56 Å². The van der Waals surface area contributed by atoms with Crippen molar-refractivity contribution in [3.63, 3.8) is 0 Å². The fourth-order valence-corrected chi connectivity index (χ4v) is 4.23. The maximum Gasteiger partial charge on any atom is 0.475 e. The van der Waals surface area contributed by atoms with Crippen molar-refractivity contribution >= 4 is 13.8 Å². The van der Waals surface area contributed by atoms with Crippen molar-refractivity contribution in [2.45, 2.75) is 45.1 Å². The van der Waals surface area contributed by atoms with Gasteiger partial charge in [-0.15, -0.1) is 0 Å². The van der Waals surface area contributed by atoms with E-state index in [0.29, 0.717) is 5.56 Å². The van der Waals surface area contributed by atoms with Crippen LogP contribution in [-0.2, 0) is 27.7 Å². The third kappa shape index (κ3) is 4.39. The van der Waals surface area contributed by atoms with E-state index in [1.165, 1.54) is 17.7 Å². The van der Waals surface area contributed by atoms with Crippen LogP contribution in [0.15, 0.2) is 15.8 Å². The number of carbonyl (C=O) groups is 1. The van der Waals surface area contributed by atoms with E-state index >= 15 is 0 Å².